The summed E-state index contributed by atoms with van der Waals surface area (Å²) in [6.45, 7) is 1.10. The van der Waals surface area contributed by atoms with Gasteiger partial charge in [-0.05, 0) is 5.56 Å². The van der Waals surface area contributed by atoms with Gasteiger partial charge in [0.05, 0.1) is 6.61 Å². The van der Waals surface area contributed by atoms with E-state index in [1.54, 1.807) is 0 Å². The second kappa shape index (κ2) is 4.28. The van der Waals surface area contributed by atoms with Gasteiger partial charge in [0, 0.05) is 0 Å². The van der Waals surface area contributed by atoms with Crippen LogP contribution in [-0.4, -0.2) is 19.3 Å². The zero-order chi connectivity index (χ0) is 9.80. The first-order chi connectivity index (χ1) is 6.92. The molecule has 2 nitrogen and oxygen atoms in total. The maximum Gasteiger partial charge on any atom is 0.112 e. The molecule has 1 aliphatic heterocycles. The zero-order valence-corrected chi connectivity index (χ0v) is 7.85. The van der Waals surface area contributed by atoms with E-state index in [1.807, 2.05) is 30.3 Å². The van der Waals surface area contributed by atoms with Gasteiger partial charge in [0.2, 0.25) is 0 Å². The molecule has 0 saturated carbocycles. The molecule has 2 rings (SSSR count). The Morgan fingerprint density at radius 1 is 1.50 bits per heavy atom. The summed E-state index contributed by atoms with van der Waals surface area (Å²) in [6, 6.07) is 10.0. The highest BCUT2D eigenvalue weighted by Gasteiger charge is 2.34. The van der Waals surface area contributed by atoms with Crippen molar-refractivity contribution in [1.29, 1.82) is 0 Å². The van der Waals surface area contributed by atoms with E-state index in [9.17, 15) is 0 Å². The van der Waals surface area contributed by atoms with Crippen LogP contribution in [-0.2, 0) is 9.47 Å². The lowest BCUT2D eigenvalue weighted by Gasteiger charge is -2.13. The minimum atomic E-state index is -0.00718. The van der Waals surface area contributed by atoms with E-state index in [4.69, 9.17) is 15.9 Å². The summed E-state index contributed by atoms with van der Waals surface area (Å²) in [4.78, 5) is 0. The maximum atomic E-state index is 5.54. The first-order valence-electron chi connectivity index (χ1n) is 4.63. The Kier molecular flexibility index (Phi) is 2.83. The molecule has 2 atom stereocenters. The van der Waals surface area contributed by atoms with E-state index in [1.165, 1.54) is 0 Å². The Labute approximate surface area is 83.8 Å². The van der Waals surface area contributed by atoms with E-state index in [0.29, 0.717) is 6.61 Å². The molecule has 0 aromatic heterocycles. The lowest BCUT2D eigenvalue weighted by atomic mass is 10.1. The number of hydrogen-bond acceptors (Lipinski definition) is 2. The molecule has 0 spiro atoms. The van der Waals surface area contributed by atoms with Gasteiger partial charge in [-0.2, -0.15) is 0 Å². The van der Waals surface area contributed by atoms with Gasteiger partial charge in [-0.1, -0.05) is 36.3 Å². The molecule has 0 aliphatic carbocycles. The average molecular weight is 188 g/mol. The topological polar surface area (TPSA) is 21.8 Å². The van der Waals surface area contributed by atoms with Crippen LogP contribution in [0.15, 0.2) is 30.3 Å². The van der Waals surface area contributed by atoms with E-state index >= 15 is 0 Å². The van der Waals surface area contributed by atoms with Gasteiger partial charge in [0.25, 0.3) is 0 Å². The smallest absolute Gasteiger partial charge is 0.112 e. The fraction of sp³-hybridized carbons (Fsp3) is 0.333. The third-order valence-corrected chi connectivity index (χ3v) is 2.17. The van der Waals surface area contributed by atoms with E-state index in [0.717, 1.165) is 12.2 Å². The van der Waals surface area contributed by atoms with Crippen molar-refractivity contribution in [2.45, 2.75) is 12.2 Å². The molecular weight excluding hydrogens is 176 g/mol. The number of hydrogen-bond donors (Lipinski definition) is 0. The maximum absolute atomic E-state index is 5.54. The van der Waals surface area contributed by atoms with Crippen LogP contribution in [0.2, 0.25) is 0 Å². The predicted molar refractivity (Wildman–Crippen MR) is 53.7 cm³/mol. The molecular formula is C12H12O2. The largest absolute Gasteiger partial charge is 0.370 e. The molecule has 0 amide bonds. The molecule has 0 radical (unpaired) electrons. The Morgan fingerprint density at radius 3 is 2.79 bits per heavy atom. The summed E-state index contributed by atoms with van der Waals surface area (Å²) < 4.78 is 10.8. The van der Waals surface area contributed by atoms with E-state index < -0.39 is 0 Å². The minimum absolute atomic E-state index is 0.00718. The van der Waals surface area contributed by atoms with Crippen LogP contribution >= 0.6 is 0 Å². The second-order valence-electron chi connectivity index (χ2n) is 3.22. The lowest BCUT2D eigenvalue weighted by Crippen LogP contribution is -2.11. The fourth-order valence-corrected chi connectivity index (χ4v) is 1.43. The molecule has 1 aromatic carbocycles. The highest BCUT2D eigenvalue weighted by atomic mass is 16.6. The Morgan fingerprint density at radius 2 is 2.21 bits per heavy atom. The van der Waals surface area contributed by atoms with Crippen LogP contribution < -0.4 is 0 Å². The number of benzene rings is 1. The number of ether oxygens (including phenoxy) is 2. The Hall–Kier alpha value is -1.30. The molecule has 1 fully saturated rings. The molecule has 1 aromatic rings. The molecule has 1 aliphatic rings. The SMILES string of the molecule is C#CCOC(c1ccccc1)C1CO1. The van der Waals surface area contributed by atoms with Gasteiger partial charge in [-0.25, -0.2) is 0 Å². The van der Waals surface area contributed by atoms with Gasteiger partial charge in [0.1, 0.15) is 18.8 Å². The average Bonchev–Trinajstić information content (AvgIpc) is 3.04. The fourth-order valence-electron chi connectivity index (χ4n) is 1.43. The van der Waals surface area contributed by atoms with Gasteiger partial charge < -0.3 is 9.47 Å². The van der Waals surface area contributed by atoms with Gasteiger partial charge in [0.15, 0.2) is 0 Å². The normalized spacial score (nSPS) is 21.2. The standard InChI is InChI=1S/C12H12O2/c1-2-8-13-12(11-9-14-11)10-6-4-3-5-7-10/h1,3-7,11-12H,8-9H2. The van der Waals surface area contributed by atoms with Crippen molar-refractivity contribution in [3.8, 4) is 12.3 Å². The van der Waals surface area contributed by atoms with Crippen molar-refractivity contribution < 1.29 is 9.47 Å². The van der Waals surface area contributed by atoms with Crippen molar-refractivity contribution in [1.82, 2.24) is 0 Å². The molecule has 2 unspecified atom stereocenters. The number of epoxide rings is 1. The highest BCUT2D eigenvalue weighted by molar-refractivity contribution is 5.20. The third kappa shape index (κ3) is 2.14. The van der Waals surface area contributed by atoms with Crippen molar-refractivity contribution in [3.05, 3.63) is 35.9 Å². The summed E-state index contributed by atoms with van der Waals surface area (Å²) >= 11 is 0. The number of terminal acetylenes is 1. The monoisotopic (exact) mass is 188 g/mol. The quantitative estimate of drug-likeness (QED) is 0.530. The van der Waals surface area contributed by atoms with Gasteiger partial charge in [-0.3, -0.25) is 0 Å². The van der Waals surface area contributed by atoms with Crippen LogP contribution in [0.5, 0.6) is 0 Å². The molecule has 2 heteroatoms. The molecule has 14 heavy (non-hydrogen) atoms. The lowest BCUT2D eigenvalue weighted by molar-refractivity contribution is 0.0542. The summed E-state index contributed by atoms with van der Waals surface area (Å²) in [5, 5.41) is 0. The molecule has 1 heterocycles. The van der Waals surface area contributed by atoms with Crippen LogP contribution in [0.4, 0.5) is 0 Å². The first-order valence-corrected chi connectivity index (χ1v) is 4.63. The summed E-state index contributed by atoms with van der Waals surface area (Å²) in [6.07, 6.45) is 5.34. The predicted octanol–water partition coefficient (Wildman–Crippen LogP) is 1.78. The van der Waals surface area contributed by atoms with E-state index in [-0.39, 0.29) is 12.2 Å². The zero-order valence-electron chi connectivity index (χ0n) is 7.85. The van der Waals surface area contributed by atoms with Crippen molar-refractivity contribution in [3.63, 3.8) is 0 Å². The number of rotatable bonds is 4. The highest BCUT2D eigenvalue weighted by Crippen LogP contribution is 2.30. The first kappa shape index (κ1) is 9.26. The molecule has 0 bridgehead atoms. The summed E-state index contributed by atoms with van der Waals surface area (Å²) in [5.41, 5.74) is 1.13. The van der Waals surface area contributed by atoms with Gasteiger partial charge >= 0.3 is 0 Å². The van der Waals surface area contributed by atoms with Crippen LogP contribution in [0, 0.1) is 12.3 Å². The molecule has 1 saturated heterocycles. The third-order valence-electron chi connectivity index (χ3n) is 2.17. The minimum Gasteiger partial charge on any atom is -0.370 e. The van der Waals surface area contributed by atoms with Crippen LogP contribution in [0.1, 0.15) is 11.7 Å². The van der Waals surface area contributed by atoms with E-state index in [2.05, 4.69) is 5.92 Å². The van der Waals surface area contributed by atoms with Crippen LogP contribution in [0.25, 0.3) is 0 Å². The van der Waals surface area contributed by atoms with Crippen molar-refractivity contribution in [2.24, 2.45) is 0 Å². The molecule has 72 valence electrons. The van der Waals surface area contributed by atoms with Crippen molar-refractivity contribution in [2.75, 3.05) is 13.2 Å². The Bertz CT molecular complexity index is 322. The summed E-state index contributed by atoms with van der Waals surface area (Å²) in [7, 11) is 0. The summed E-state index contributed by atoms with van der Waals surface area (Å²) in [5.74, 6) is 2.47. The second-order valence-corrected chi connectivity index (χ2v) is 3.22. The Balaban J connectivity index is 2.07. The van der Waals surface area contributed by atoms with Crippen molar-refractivity contribution >= 4 is 0 Å². The van der Waals surface area contributed by atoms with Crippen LogP contribution in [0.3, 0.4) is 0 Å². The van der Waals surface area contributed by atoms with Gasteiger partial charge in [-0.15, -0.1) is 6.42 Å². The molecule has 0 N–H and O–H groups in total.